The highest BCUT2D eigenvalue weighted by Gasteiger charge is 2.08. The van der Waals surface area contributed by atoms with E-state index in [1.807, 2.05) is 25.1 Å². The van der Waals surface area contributed by atoms with Crippen LogP contribution in [0.5, 0.6) is 0 Å². The van der Waals surface area contributed by atoms with Crippen LogP contribution in [0.3, 0.4) is 0 Å². The summed E-state index contributed by atoms with van der Waals surface area (Å²) >= 11 is 9.47. The highest BCUT2D eigenvalue weighted by Crippen LogP contribution is 2.30. The first-order valence-corrected chi connectivity index (χ1v) is 6.04. The molecule has 2 aromatic rings. The number of nitrogens with zero attached hydrogens (tertiary/aromatic N) is 2. The van der Waals surface area contributed by atoms with Crippen LogP contribution in [0, 0.1) is 6.92 Å². The van der Waals surface area contributed by atoms with Crippen molar-refractivity contribution in [3.05, 3.63) is 39.6 Å². The van der Waals surface area contributed by atoms with E-state index in [-0.39, 0.29) is 5.82 Å². The summed E-state index contributed by atoms with van der Waals surface area (Å²) in [7, 11) is 0. The second-order valence-corrected chi connectivity index (χ2v) is 4.76. The van der Waals surface area contributed by atoms with Crippen LogP contribution < -0.4 is 11.1 Å². The lowest BCUT2D eigenvalue weighted by molar-refractivity contribution is 1.17. The Morgan fingerprint density at radius 2 is 2.12 bits per heavy atom. The summed E-state index contributed by atoms with van der Waals surface area (Å²) in [6.45, 7) is 2.02. The number of nitrogen functional groups attached to an aromatic ring is 1. The zero-order chi connectivity index (χ0) is 12.4. The molecule has 1 heterocycles. The number of nitrogens with two attached hydrogens (primary N) is 1. The Kier molecular flexibility index (Phi) is 3.49. The van der Waals surface area contributed by atoms with Gasteiger partial charge in [-0.3, -0.25) is 0 Å². The highest BCUT2D eigenvalue weighted by atomic mass is 79.9. The van der Waals surface area contributed by atoms with E-state index in [0.717, 1.165) is 15.7 Å². The Morgan fingerprint density at radius 3 is 2.82 bits per heavy atom. The summed E-state index contributed by atoms with van der Waals surface area (Å²) < 4.78 is 0.936. The Hall–Kier alpha value is -1.33. The largest absolute Gasteiger partial charge is 0.382 e. The van der Waals surface area contributed by atoms with Gasteiger partial charge >= 0.3 is 0 Å². The zero-order valence-corrected chi connectivity index (χ0v) is 11.4. The molecule has 88 valence electrons. The van der Waals surface area contributed by atoms with Crippen LogP contribution in [0.15, 0.2) is 29.0 Å². The van der Waals surface area contributed by atoms with Gasteiger partial charge in [0.2, 0.25) is 0 Å². The predicted octanol–water partition coefficient (Wildman–Crippen LogP) is 3.53. The molecule has 0 saturated heterocycles. The third-order valence-electron chi connectivity index (χ3n) is 2.19. The van der Waals surface area contributed by atoms with Gasteiger partial charge in [-0.25, -0.2) is 9.97 Å². The highest BCUT2D eigenvalue weighted by molar-refractivity contribution is 9.10. The molecule has 0 spiro atoms. The molecule has 0 bridgehead atoms. The number of benzene rings is 1. The van der Waals surface area contributed by atoms with E-state index in [1.54, 1.807) is 0 Å². The van der Waals surface area contributed by atoms with Crippen molar-refractivity contribution in [2.75, 3.05) is 11.1 Å². The molecule has 2 rings (SSSR count). The third-order valence-corrected chi connectivity index (χ3v) is 3.22. The van der Waals surface area contributed by atoms with Gasteiger partial charge < -0.3 is 11.1 Å². The molecule has 0 aliphatic rings. The maximum absolute atomic E-state index is 6.00. The smallest absolute Gasteiger partial charge is 0.154 e. The molecule has 3 N–H and O–H groups in total. The number of rotatable bonds is 2. The minimum Gasteiger partial charge on any atom is -0.382 e. The van der Waals surface area contributed by atoms with Crippen LogP contribution in [0.25, 0.3) is 0 Å². The van der Waals surface area contributed by atoms with Crippen LogP contribution in [0.1, 0.15) is 5.56 Å². The fourth-order valence-electron chi connectivity index (χ4n) is 1.32. The Balaban J connectivity index is 2.35. The maximum atomic E-state index is 6.00. The van der Waals surface area contributed by atoms with Crippen LogP contribution >= 0.6 is 27.5 Å². The molecule has 0 aliphatic carbocycles. The van der Waals surface area contributed by atoms with Crippen molar-refractivity contribution in [3.63, 3.8) is 0 Å². The number of hydrogen-bond acceptors (Lipinski definition) is 4. The molecule has 1 aromatic carbocycles. The normalized spacial score (nSPS) is 10.3. The van der Waals surface area contributed by atoms with Gasteiger partial charge in [-0.15, -0.1) is 0 Å². The van der Waals surface area contributed by atoms with Crippen molar-refractivity contribution in [2.45, 2.75) is 6.92 Å². The summed E-state index contributed by atoms with van der Waals surface area (Å²) in [4.78, 5) is 7.84. The molecule has 6 heteroatoms. The van der Waals surface area contributed by atoms with Gasteiger partial charge in [0, 0.05) is 4.47 Å². The lowest BCUT2D eigenvalue weighted by atomic mass is 10.2. The lowest BCUT2D eigenvalue weighted by Crippen LogP contribution is -2.00. The monoisotopic (exact) mass is 312 g/mol. The first-order valence-electron chi connectivity index (χ1n) is 4.87. The summed E-state index contributed by atoms with van der Waals surface area (Å²) in [6.07, 6.45) is 1.37. The van der Waals surface area contributed by atoms with E-state index in [4.69, 9.17) is 17.3 Å². The SMILES string of the molecule is Cc1ccc(Nc2ncnc(N)c2Cl)c(Br)c1. The number of aromatic nitrogens is 2. The van der Waals surface area contributed by atoms with Gasteiger partial charge in [0.15, 0.2) is 5.82 Å². The van der Waals surface area contributed by atoms with Gasteiger partial charge in [0.25, 0.3) is 0 Å². The molecule has 4 nitrogen and oxygen atoms in total. The summed E-state index contributed by atoms with van der Waals surface area (Å²) in [5, 5.41) is 3.42. The fourth-order valence-corrected chi connectivity index (χ4v) is 2.06. The first kappa shape index (κ1) is 12.1. The average Bonchev–Trinajstić information content (AvgIpc) is 2.28. The summed E-state index contributed by atoms with van der Waals surface area (Å²) in [5.74, 6) is 0.746. The Bertz CT molecular complexity index is 559. The van der Waals surface area contributed by atoms with Gasteiger partial charge in [-0.2, -0.15) is 0 Å². The third kappa shape index (κ3) is 2.68. The van der Waals surface area contributed by atoms with Crippen LogP contribution in [-0.2, 0) is 0 Å². The molecule has 0 radical (unpaired) electrons. The maximum Gasteiger partial charge on any atom is 0.154 e. The van der Waals surface area contributed by atoms with Crippen molar-refractivity contribution in [1.29, 1.82) is 0 Å². The van der Waals surface area contributed by atoms with Crippen LogP contribution in [0.2, 0.25) is 5.02 Å². The van der Waals surface area contributed by atoms with Gasteiger partial charge in [-0.05, 0) is 40.5 Å². The van der Waals surface area contributed by atoms with Gasteiger partial charge in [0.05, 0.1) is 5.69 Å². The first-order chi connectivity index (χ1) is 8.08. The van der Waals surface area contributed by atoms with E-state index >= 15 is 0 Å². The zero-order valence-electron chi connectivity index (χ0n) is 9.04. The molecule has 17 heavy (non-hydrogen) atoms. The van der Waals surface area contributed by atoms with Crippen molar-refractivity contribution < 1.29 is 0 Å². The number of halogens is 2. The second-order valence-electron chi connectivity index (χ2n) is 3.53. The molecule has 0 aliphatic heterocycles. The molecule has 0 fully saturated rings. The fraction of sp³-hybridized carbons (Fsp3) is 0.0909. The molecule has 0 amide bonds. The van der Waals surface area contributed by atoms with E-state index in [1.165, 1.54) is 6.33 Å². The topological polar surface area (TPSA) is 63.8 Å². The number of nitrogens with one attached hydrogen (secondary N) is 1. The lowest BCUT2D eigenvalue weighted by Gasteiger charge is -2.10. The molecular formula is C11H10BrClN4. The van der Waals surface area contributed by atoms with Crippen LogP contribution in [-0.4, -0.2) is 9.97 Å². The summed E-state index contributed by atoms with van der Waals surface area (Å²) in [5.41, 5.74) is 7.64. The second kappa shape index (κ2) is 4.89. The standard InChI is InChI=1S/C11H10BrClN4/c1-6-2-3-8(7(12)4-6)17-11-9(13)10(14)15-5-16-11/h2-5H,1H3,(H3,14,15,16,17). The Morgan fingerprint density at radius 1 is 1.35 bits per heavy atom. The quantitative estimate of drug-likeness (QED) is 0.890. The van der Waals surface area contributed by atoms with Crippen molar-refractivity contribution in [1.82, 2.24) is 9.97 Å². The molecule has 0 unspecified atom stereocenters. The number of hydrogen-bond donors (Lipinski definition) is 2. The average molecular weight is 314 g/mol. The van der Waals surface area contributed by atoms with Crippen molar-refractivity contribution in [2.24, 2.45) is 0 Å². The number of aryl methyl sites for hydroxylation is 1. The minimum absolute atomic E-state index is 0.257. The van der Waals surface area contributed by atoms with E-state index in [0.29, 0.717) is 10.8 Å². The minimum atomic E-state index is 0.257. The van der Waals surface area contributed by atoms with Crippen molar-refractivity contribution in [3.8, 4) is 0 Å². The Labute approximate surface area is 112 Å². The molecule has 1 aromatic heterocycles. The summed E-state index contributed by atoms with van der Waals surface area (Å²) in [6, 6.07) is 5.93. The van der Waals surface area contributed by atoms with E-state index in [2.05, 4.69) is 31.2 Å². The molecule has 0 atom stereocenters. The van der Waals surface area contributed by atoms with Crippen LogP contribution in [0.4, 0.5) is 17.3 Å². The predicted molar refractivity (Wildman–Crippen MR) is 73.6 cm³/mol. The van der Waals surface area contributed by atoms with Gasteiger partial charge in [-0.1, -0.05) is 17.7 Å². The molecular weight excluding hydrogens is 304 g/mol. The molecule has 0 saturated carbocycles. The van der Waals surface area contributed by atoms with E-state index in [9.17, 15) is 0 Å². The van der Waals surface area contributed by atoms with Gasteiger partial charge in [0.1, 0.15) is 17.2 Å². The van der Waals surface area contributed by atoms with E-state index < -0.39 is 0 Å². The van der Waals surface area contributed by atoms with Crippen molar-refractivity contribution >= 4 is 44.9 Å². The number of anilines is 3.